The van der Waals surface area contributed by atoms with E-state index in [9.17, 15) is 85.9 Å². The molecule has 0 aromatic carbocycles. The van der Waals surface area contributed by atoms with Gasteiger partial charge in [0.15, 0.2) is 25.0 Å². The van der Waals surface area contributed by atoms with E-state index in [4.69, 9.17) is 37.9 Å². The van der Waals surface area contributed by atoms with Gasteiger partial charge in [-0.05, 0) is 122 Å². The highest BCUT2D eigenvalue weighted by atomic mass is 16.8. The summed E-state index contributed by atoms with van der Waals surface area (Å²) in [4.78, 5) is 56.7. The van der Waals surface area contributed by atoms with Crippen molar-refractivity contribution in [3.05, 3.63) is 11.6 Å². The lowest BCUT2D eigenvalue weighted by molar-refractivity contribution is -0.370. The van der Waals surface area contributed by atoms with Crippen molar-refractivity contribution in [1.29, 1.82) is 0 Å². The first kappa shape index (κ1) is 79.1. The highest BCUT2D eigenvalue weighted by Crippen LogP contribution is 2.76. The Labute approximate surface area is 574 Å². The lowest BCUT2D eigenvalue weighted by Crippen LogP contribution is -2.69. The minimum absolute atomic E-state index is 0.0495. The normalized spacial score (nSPS) is 46.5. The largest absolute Gasteiger partial charge is 0.432 e. The number of aldehydes is 1. The first-order chi connectivity index (χ1) is 45.9. The number of amides is 2. The predicted molar refractivity (Wildman–Crippen MR) is 344 cm³/mol. The number of hydrogen-bond acceptors (Lipinski definition) is 26. The Morgan fingerprint density at radius 3 is 1.93 bits per heavy atom. The topological polar surface area (TPSA) is 449 Å². The van der Waals surface area contributed by atoms with Gasteiger partial charge >= 0.3 is 5.97 Å². The number of rotatable bonds is 25. The van der Waals surface area contributed by atoms with Gasteiger partial charge in [0, 0.05) is 12.5 Å². The molecule has 4 saturated heterocycles. The third kappa shape index (κ3) is 14.9. The Morgan fingerprint density at radius 2 is 1.29 bits per heavy atom. The van der Waals surface area contributed by atoms with Crippen LogP contribution in [-0.2, 0) is 57.1 Å². The Balaban J connectivity index is 0.942. The quantitative estimate of drug-likeness (QED) is 0.0319. The summed E-state index contributed by atoms with van der Waals surface area (Å²) >= 11 is 0. The molecule has 34 atom stereocenters. The number of allylic oxidation sites excluding steroid dienone is 2. The highest BCUT2D eigenvalue weighted by Gasteiger charge is 2.72. The number of ether oxygens (including phenoxy) is 8. The molecule has 98 heavy (non-hydrogen) atoms. The van der Waals surface area contributed by atoms with Crippen LogP contribution in [0.25, 0.3) is 0 Å². The lowest BCUT2D eigenvalue weighted by Gasteiger charge is -2.71. The maximum atomic E-state index is 15.9. The second-order valence-electron chi connectivity index (χ2n) is 32.4. The molecule has 8 fully saturated rings. The molecule has 0 bridgehead atoms. The molecule has 16 N–H and O–H groups in total. The van der Waals surface area contributed by atoms with E-state index in [1.165, 1.54) is 6.92 Å². The van der Waals surface area contributed by atoms with E-state index < -0.39 is 225 Å². The second-order valence-corrected chi connectivity index (χ2v) is 32.4. The van der Waals surface area contributed by atoms with Gasteiger partial charge in [-0.25, -0.2) is 0 Å². The van der Waals surface area contributed by atoms with Gasteiger partial charge in [0.1, 0.15) is 78.8 Å². The van der Waals surface area contributed by atoms with E-state index in [1.807, 2.05) is 34.6 Å². The van der Waals surface area contributed by atoms with E-state index in [0.29, 0.717) is 57.8 Å². The summed E-state index contributed by atoms with van der Waals surface area (Å²) in [5.74, 6) is -3.49. The van der Waals surface area contributed by atoms with Crippen LogP contribution < -0.4 is 10.6 Å². The van der Waals surface area contributed by atoms with E-state index in [-0.39, 0.29) is 60.2 Å². The number of nitrogens with one attached hydrogen (secondary N) is 2. The van der Waals surface area contributed by atoms with Crippen LogP contribution in [0, 0.1) is 62.1 Å². The van der Waals surface area contributed by atoms with E-state index in [0.717, 1.165) is 11.9 Å². The molecule has 9 aliphatic rings. The van der Waals surface area contributed by atoms with Gasteiger partial charge in [0.2, 0.25) is 18.1 Å². The van der Waals surface area contributed by atoms with Crippen LogP contribution >= 0.6 is 0 Å². The predicted octanol–water partition coefficient (Wildman–Crippen LogP) is -0.236. The van der Waals surface area contributed by atoms with Crippen molar-refractivity contribution in [3.63, 3.8) is 0 Å². The molecule has 0 radical (unpaired) electrons. The highest BCUT2D eigenvalue weighted by molar-refractivity contribution is 5.80. The number of aliphatic hydroxyl groups excluding tert-OH is 14. The second kappa shape index (κ2) is 31.0. The molecule has 0 aromatic heterocycles. The van der Waals surface area contributed by atoms with E-state index in [1.54, 1.807) is 0 Å². The SMILES string of the molecule is CC[C@H](C)[C@H](C[C@H](O)CC(=O)N[C@@H]1C(O)C(O[C@@H]2O[C@H](C)[C@H](O[C@@H]3OC[C@@H](O)C(O)C3O)C(O)C2O)[C@H](OC(=O)[C@]23CCC(C)(C)CC2C2=CCC4C5(C)CC[C@H](O)C(C)(C=O)[C@@H]5CCC4(C)[C@]2(C)C[C@@H]3O)O[C@@H]1CO)NC(=O)C[C@@H](O)C[C@H](O[C@@H]1O[C@@H](CO)C(O)C1O)[C@@H](C)CC. The van der Waals surface area contributed by atoms with Crippen molar-refractivity contribution in [1.82, 2.24) is 10.6 Å². The number of carbonyl (C=O) groups excluding carboxylic acids is 4. The number of aliphatic hydroxyl groups is 14. The molecule has 562 valence electrons. The third-order valence-electron chi connectivity index (χ3n) is 25.9. The zero-order chi connectivity index (χ0) is 72.3. The first-order valence-corrected chi connectivity index (χ1v) is 35.8. The third-order valence-corrected chi connectivity index (χ3v) is 25.9. The van der Waals surface area contributed by atoms with Gasteiger partial charge in [-0.2, -0.15) is 0 Å². The van der Waals surface area contributed by atoms with Crippen molar-refractivity contribution in [2.45, 2.75) is 320 Å². The smallest absolute Gasteiger partial charge is 0.317 e. The lowest BCUT2D eigenvalue weighted by atomic mass is 9.33. The average molecular weight is 1400 g/mol. The van der Waals surface area contributed by atoms with Crippen LogP contribution in [0.3, 0.4) is 0 Å². The van der Waals surface area contributed by atoms with Gasteiger partial charge in [-0.1, -0.05) is 93.7 Å². The van der Waals surface area contributed by atoms with Crippen molar-refractivity contribution in [2.24, 2.45) is 62.1 Å². The minimum Gasteiger partial charge on any atom is -0.432 e. The first-order valence-electron chi connectivity index (χ1n) is 35.8. The summed E-state index contributed by atoms with van der Waals surface area (Å²) in [6, 6.07) is -2.37. The van der Waals surface area contributed by atoms with E-state index >= 15 is 4.79 Å². The van der Waals surface area contributed by atoms with Crippen LogP contribution in [0.5, 0.6) is 0 Å². The summed E-state index contributed by atoms with van der Waals surface area (Å²) < 4.78 is 48.1. The fourth-order valence-electron chi connectivity index (χ4n) is 19.0. The molecule has 13 unspecified atom stereocenters. The van der Waals surface area contributed by atoms with E-state index in [2.05, 4.69) is 51.3 Å². The summed E-state index contributed by atoms with van der Waals surface area (Å²) in [6.45, 7) is 19.7. The molecule has 5 aliphatic carbocycles. The average Bonchev–Trinajstić information content (AvgIpc) is 0.725. The van der Waals surface area contributed by atoms with Crippen LogP contribution in [0.1, 0.15) is 172 Å². The maximum Gasteiger partial charge on any atom is 0.317 e. The Bertz CT molecular complexity index is 2770. The van der Waals surface area contributed by atoms with Crippen molar-refractivity contribution in [3.8, 4) is 0 Å². The fraction of sp³-hybridized carbons (Fsp3) is 0.914. The van der Waals surface area contributed by atoms with Gasteiger partial charge in [-0.15, -0.1) is 0 Å². The van der Waals surface area contributed by atoms with Crippen LogP contribution in [0.15, 0.2) is 11.6 Å². The Hall–Kier alpha value is -3.02. The summed E-state index contributed by atoms with van der Waals surface area (Å²) in [7, 11) is 0. The van der Waals surface area contributed by atoms with Gasteiger partial charge in [-0.3, -0.25) is 14.4 Å². The molecular weight excluding hydrogens is 1280 g/mol. The molecule has 9 rings (SSSR count). The van der Waals surface area contributed by atoms with Gasteiger partial charge in [0.25, 0.3) is 0 Å². The van der Waals surface area contributed by atoms with Gasteiger partial charge in [0.05, 0.1) is 80.7 Å². The minimum atomic E-state index is -2.05. The summed E-state index contributed by atoms with van der Waals surface area (Å²) in [5.41, 5.74) is -3.33. The van der Waals surface area contributed by atoms with Crippen molar-refractivity contribution in [2.75, 3.05) is 19.8 Å². The Kier molecular flexibility index (Phi) is 25.0. The molecular formula is C70H116N2O26. The molecule has 0 spiro atoms. The summed E-state index contributed by atoms with van der Waals surface area (Å²) in [6.07, 6.45) is -26.0. The molecule has 28 heteroatoms. The van der Waals surface area contributed by atoms with Crippen molar-refractivity contribution < 1.29 is 129 Å². The molecule has 4 heterocycles. The van der Waals surface area contributed by atoms with Crippen LogP contribution in [0.2, 0.25) is 0 Å². The zero-order valence-electron chi connectivity index (χ0n) is 58.8. The molecule has 4 saturated carbocycles. The molecule has 28 nitrogen and oxygen atoms in total. The summed E-state index contributed by atoms with van der Waals surface area (Å²) in [5, 5.41) is 162. The maximum absolute atomic E-state index is 15.9. The Morgan fingerprint density at radius 1 is 0.663 bits per heavy atom. The number of carbonyl (C=O) groups is 4. The van der Waals surface area contributed by atoms with Crippen molar-refractivity contribution >= 4 is 24.1 Å². The number of hydrogen-bond donors (Lipinski definition) is 16. The zero-order valence-corrected chi connectivity index (χ0v) is 58.8. The fourth-order valence-corrected chi connectivity index (χ4v) is 19.0. The standard InChI is InChI=1S/C70H116N2O26/c1-12-32(3)39(71-48(81)25-36(77)23-41(33(4)13-2)93-62-56(88)52(84)43(29-74)95-62)22-35(76)24-49(82)72-50-42(28-73)94-63(59(53(50)85)97-61-57(89)54(86)58(34(5)92-61)96-60-55(87)51(83)40(78)30-91-60)98-64(90)70-21-20-65(6,7)26-38(70)37-14-15-45-66(8)18-17-46(79)67(9,31-75)44(66)16-19-68(45,10)69(37,11)27-47(70)80/h14,31-36,38-47,50-63,73-74,76-80,83-89H,12-13,15-30H2,1-11H3,(H,71,81)(H,72,82)/t32-,33-,34+,35-,36-,38?,39-,40+,41-,42+,43-,44+,45?,46-,47-,50-,51?,52?,53?,54?,55?,56?,57?,58-,59?,60-,61-,62+,63-,66?,67?,68?,69+,70+/m0/s1. The molecule has 4 aliphatic heterocycles. The van der Waals surface area contributed by atoms with Crippen LogP contribution in [0.4, 0.5) is 0 Å². The molecule has 2 amide bonds. The molecule has 0 aromatic rings. The monoisotopic (exact) mass is 1400 g/mol. The van der Waals surface area contributed by atoms with Crippen LogP contribution in [-0.4, -0.2) is 262 Å². The number of fused-ring (bicyclic) bond motifs is 7. The number of esters is 1. The van der Waals surface area contributed by atoms with Gasteiger partial charge < -0.3 is 125 Å².